The van der Waals surface area contributed by atoms with Crippen molar-refractivity contribution in [2.24, 2.45) is 5.73 Å². The van der Waals surface area contributed by atoms with Gasteiger partial charge in [-0.1, -0.05) is 12.1 Å². The zero-order valence-electron chi connectivity index (χ0n) is 10.00. The van der Waals surface area contributed by atoms with E-state index in [0.29, 0.717) is 18.5 Å². The summed E-state index contributed by atoms with van der Waals surface area (Å²) in [7, 11) is 0. The molecule has 1 rings (SSSR count). The number of nitrogens with one attached hydrogen (secondary N) is 1. The second-order valence-electron chi connectivity index (χ2n) is 4.04. The first kappa shape index (κ1) is 15.9. The third-order valence-electron chi connectivity index (χ3n) is 2.22. The van der Waals surface area contributed by atoms with E-state index < -0.39 is 0 Å². The highest BCUT2D eigenvalue weighted by Gasteiger charge is 2.05. The fourth-order valence-electron chi connectivity index (χ4n) is 1.38. The maximum absolute atomic E-state index is 13.0. The first-order valence-electron chi connectivity index (χ1n) is 5.26. The van der Waals surface area contributed by atoms with Crippen molar-refractivity contribution in [3.05, 3.63) is 35.1 Å². The number of amides is 1. The number of benzene rings is 1. The van der Waals surface area contributed by atoms with Gasteiger partial charge in [0.05, 0.1) is 0 Å². The summed E-state index contributed by atoms with van der Waals surface area (Å²) in [6.07, 6.45) is 0.306. The molecule has 0 bridgehead atoms. The fourth-order valence-corrected chi connectivity index (χ4v) is 1.38. The van der Waals surface area contributed by atoms with Gasteiger partial charge in [-0.25, -0.2) is 4.39 Å². The van der Waals surface area contributed by atoms with Crippen molar-refractivity contribution in [3.8, 4) is 0 Å². The Morgan fingerprint density at radius 1 is 1.53 bits per heavy atom. The van der Waals surface area contributed by atoms with Gasteiger partial charge in [-0.2, -0.15) is 0 Å². The number of nitrogens with two attached hydrogens (primary N) is 1. The molecule has 0 spiro atoms. The Bertz CT molecular complexity index is 383. The van der Waals surface area contributed by atoms with Gasteiger partial charge in [0.1, 0.15) is 5.82 Å². The smallest absolute Gasteiger partial charge is 0.221 e. The van der Waals surface area contributed by atoms with Gasteiger partial charge in [-0.15, -0.1) is 12.4 Å². The number of hydrogen-bond acceptors (Lipinski definition) is 2. The minimum absolute atomic E-state index is 0. The van der Waals surface area contributed by atoms with Gasteiger partial charge in [0.2, 0.25) is 5.91 Å². The number of carbonyl (C=O) groups is 1. The number of halogens is 2. The van der Waals surface area contributed by atoms with E-state index in [1.54, 1.807) is 26.0 Å². The van der Waals surface area contributed by atoms with Gasteiger partial charge in [0.25, 0.3) is 0 Å². The summed E-state index contributed by atoms with van der Waals surface area (Å²) in [6, 6.07) is 4.65. The molecule has 0 radical (unpaired) electrons. The van der Waals surface area contributed by atoms with Gasteiger partial charge in [-0.05, 0) is 31.0 Å². The van der Waals surface area contributed by atoms with E-state index >= 15 is 0 Å². The maximum Gasteiger partial charge on any atom is 0.221 e. The van der Waals surface area contributed by atoms with Gasteiger partial charge in [0.15, 0.2) is 0 Å². The molecule has 0 aliphatic heterocycles. The van der Waals surface area contributed by atoms with Crippen LogP contribution in [0.1, 0.15) is 24.5 Å². The maximum atomic E-state index is 13.0. The molecule has 3 nitrogen and oxygen atoms in total. The minimum Gasteiger partial charge on any atom is -0.352 e. The third kappa shape index (κ3) is 5.65. The Labute approximate surface area is 107 Å². The highest BCUT2D eigenvalue weighted by atomic mass is 35.5. The van der Waals surface area contributed by atoms with Crippen LogP contribution in [0.4, 0.5) is 4.39 Å². The Hall–Kier alpha value is -1.13. The quantitative estimate of drug-likeness (QED) is 0.869. The molecule has 3 N–H and O–H groups in total. The predicted octanol–water partition coefficient (Wildman–Crippen LogP) is 1.91. The SMILES string of the molecule is Cc1cc(CNC(=O)CC(C)N)ccc1F.Cl. The molecule has 1 atom stereocenters. The van der Waals surface area contributed by atoms with E-state index in [4.69, 9.17) is 5.73 Å². The van der Waals surface area contributed by atoms with Gasteiger partial charge < -0.3 is 11.1 Å². The molecule has 1 aromatic carbocycles. The Kier molecular flexibility index (Phi) is 6.76. The Morgan fingerprint density at radius 3 is 2.71 bits per heavy atom. The van der Waals surface area contributed by atoms with Crippen LogP contribution in [0.2, 0.25) is 0 Å². The van der Waals surface area contributed by atoms with Crippen LogP contribution < -0.4 is 11.1 Å². The first-order valence-corrected chi connectivity index (χ1v) is 5.26. The third-order valence-corrected chi connectivity index (χ3v) is 2.22. The molecule has 5 heteroatoms. The Balaban J connectivity index is 0.00000256. The standard InChI is InChI=1S/C12H17FN2O.ClH/c1-8-5-10(3-4-11(8)13)7-15-12(16)6-9(2)14;/h3-5,9H,6-7,14H2,1-2H3,(H,15,16);1H. The summed E-state index contributed by atoms with van der Waals surface area (Å²) in [5, 5.41) is 2.74. The lowest BCUT2D eigenvalue weighted by atomic mass is 10.1. The van der Waals surface area contributed by atoms with Gasteiger partial charge in [-0.3, -0.25) is 4.79 Å². The van der Waals surface area contributed by atoms with Crippen LogP contribution in [0.25, 0.3) is 0 Å². The van der Waals surface area contributed by atoms with E-state index in [2.05, 4.69) is 5.32 Å². The lowest BCUT2D eigenvalue weighted by Gasteiger charge is -2.08. The number of carbonyl (C=O) groups excluding carboxylic acids is 1. The van der Waals surface area contributed by atoms with Crippen LogP contribution in [0, 0.1) is 12.7 Å². The second kappa shape index (κ2) is 7.25. The highest BCUT2D eigenvalue weighted by Crippen LogP contribution is 2.08. The van der Waals surface area contributed by atoms with Gasteiger partial charge in [0, 0.05) is 19.0 Å². The molecule has 96 valence electrons. The van der Waals surface area contributed by atoms with Crippen LogP contribution in [0.3, 0.4) is 0 Å². The monoisotopic (exact) mass is 260 g/mol. The van der Waals surface area contributed by atoms with Crippen molar-refractivity contribution in [3.63, 3.8) is 0 Å². The summed E-state index contributed by atoms with van der Waals surface area (Å²) < 4.78 is 13.0. The predicted molar refractivity (Wildman–Crippen MR) is 68.5 cm³/mol. The molecule has 0 aliphatic rings. The van der Waals surface area contributed by atoms with Crippen LogP contribution in [0.15, 0.2) is 18.2 Å². The number of rotatable bonds is 4. The fraction of sp³-hybridized carbons (Fsp3) is 0.417. The summed E-state index contributed by atoms with van der Waals surface area (Å²) in [4.78, 5) is 11.3. The summed E-state index contributed by atoms with van der Waals surface area (Å²) in [6.45, 7) is 3.89. The van der Waals surface area contributed by atoms with Crippen LogP contribution in [-0.4, -0.2) is 11.9 Å². The van der Waals surface area contributed by atoms with Crippen molar-refractivity contribution >= 4 is 18.3 Å². The molecular weight excluding hydrogens is 243 g/mol. The molecule has 0 aliphatic carbocycles. The summed E-state index contributed by atoms with van der Waals surface area (Å²) in [5.41, 5.74) is 6.96. The van der Waals surface area contributed by atoms with Crippen molar-refractivity contribution < 1.29 is 9.18 Å². The van der Waals surface area contributed by atoms with Crippen molar-refractivity contribution in [2.75, 3.05) is 0 Å². The van der Waals surface area contributed by atoms with E-state index in [1.807, 2.05) is 0 Å². The molecule has 17 heavy (non-hydrogen) atoms. The normalized spacial score (nSPS) is 11.5. The van der Waals surface area contributed by atoms with Gasteiger partial charge >= 0.3 is 0 Å². The molecule has 0 heterocycles. The van der Waals surface area contributed by atoms with E-state index in [9.17, 15) is 9.18 Å². The molecule has 1 aromatic rings. The lowest BCUT2D eigenvalue weighted by Crippen LogP contribution is -2.29. The molecule has 1 unspecified atom stereocenters. The van der Waals surface area contributed by atoms with Crippen molar-refractivity contribution in [2.45, 2.75) is 32.9 Å². The van der Waals surface area contributed by atoms with E-state index in [1.165, 1.54) is 6.07 Å². The molecule has 0 saturated heterocycles. The lowest BCUT2D eigenvalue weighted by molar-refractivity contribution is -0.121. The first-order chi connectivity index (χ1) is 7.49. The van der Waals surface area contributed by atoms with Crippen LogP contribution >= 0.6 is 12.4 Å². The van der Waals surface area contributed by atoms with E-state index in [0.717, 1.165) is 5.56 Å². The van der Waals surface area contributed by atoms with Crippen molar-refractivity contribution in [1.82, 2.24) is 5.32 Å². The minimum atomic E-state index is -0.231. The summed E-state index contributed by atoms with van der Waals surface area (Å²) in [5.74, 6) is -0.317. The van der Waals surface area contributed by atoms with Crippen LogP contribution in [0.5, 0.6) is 0 Å². The average Bonchev–Trinajstić information content (AvgIpc) is 2.19. The molecule has 0 saturated carbocycles. The molecule has 1 amide bonds. The largest absolute Gasteiger partial charge is 0.352 e. The number of aryl methyl sites for hydroxylation is 1. The average molecular weight is 261 g/mol. The topological polar surface area (TPSA) is 55.1 Å². The molecule has 0 fully saturated rings. The summed E-state index contributed by atoms with van der Waals surface area (Å²) >= 11 is 0. The number of hydrogen-bond donors (Lipinski definition) is 2. The zero-order chi connectivity index (χ0) is 12.1. The highest BCUT2D eigenvalue weighted by molar-refractivity contribution is 5.85. The Morgan fingerprint density at radius 2 is 2.18 bits per heavy atom. The van der Waals surface area contributed by atoms with Crippen LogP contribution in [-0.2, 0) is 11.3 Å². The zero-order valence-corrected chi connectivity index (χ0v) is 10.8. The second-order valence-corrected chi connectivity index (χ2v) is 4.04. The molecule has 0 aromatic heterocycles. The molecular formula is C12H18ClFN2O. The van der Waals surface area contributed by atoms with E-state index in [-0.39, 0.29) is 30.2 Å². The van der Waals surface area contributed by atoms with Crippen molar-refractivity contribution in [1.29, 1.82) is 0 Å².